The van der Waals surface area contributed by atoms with Crippen molar-refractivity contribution in [3.8, 4) is 11.4 Å². The van der Waals surface area contributed by atoms with E-state index >= 15 is 0 Å². The Morgan fingerprint density at radius 2 is 2.35 bits per heavy atom. The Morgan fingerprint density at radius 1 is 1.41 bits per heavy atom. The Morgan fingerprint density at radius 3 is 3.12 bits per heavy atom. The second kappa shape index (κ2) is 4.21. The third kappa shape index (κ3) is 2.03. The molecule has 1 N–H and O–H groups in total. The van der Waals surface area contributed by atoms with E-state index in [4.69, 9.17) is 4.52 Å². The number of halogens is 1. The number of nitrogens with zero attached hydrogens (tertiary/aromatic N) is 3. The van der Waals surface area contributed by atoms with Gasteiger partial charge in [0.15, 0.2) is 0 Å². The number of nitrogens with one attached hydrogen (secondary N) is 1. The molecule has 5 nitrogen and oxygen atoms in total. The van der Waals surface area contributed by atoms with Crippen molar-refractivity contribution >= 4 is 0 Å². The van der Waals surface area contributed by atoms with E-state index in [-0.39, 0.29) is 6.04 Å². The molecule has 0 radical (unpaired) electrons. The van der Waals surface area contributed by atoms with Gasteiger partial charge in [-0.05, 0) is 25.5 Å². The van der Waals surface area contributed by atoms with Crippen LogP contribution in [0.5, 0.6) is 0 Å². The van der Waals surface area contributed by atoms with Crippen molar-refractivity contribution in [1.29, 1.82) is 0 Å². The van der Waals surface area contributed by atoms with Gasteiger partial charge in [0.05, 0.1) is 12.2 Å². The van der Waals surface area contributed by atoms with Gasteiger partial charge in [0.2, 0.25) is 11.7 Å². The van der Waals surface area contributed by atoms with Crippen LogP contribution >= 0.6 is 0 Å². The van der Waals surface area contributed by atoms with E-state index in [0.29, 0.717) is 17.3 Å². The zero-order chi connectivity index (χ0) is 11.7. The molecule has 0 aliphatic carbocycles. The summed E-state index contributed by atoms with van der Waals surface area (Å²) in [5, 5.41) is 7.10. The third-order valence-electron chi connectivity index (χ3n) is 2.76. The predicted molar refractivity (Wildman–Crippen MR) is 57.5 cm³/mol. The van der Waals surface area contributed by atoms with Crippen LogP contribution in [0, 0.1) is 5.82 Å². The van der Waals surface area contributed by atoms with E-state index < -0.39 is 5.82 Å². The van der Waals surface area contributed by atoms with Gasteiger partial charge in [-0.2, -0.15) is 4.98 Å². The van der Waals surface area contributed by atoms with Crippen LogP contribution in [-0.4, -0.2) is 21.7 Å². The van der Waals surface area contributed by atoms with Crippen LogP contribution in [-0.2, 0) is 0 Å². The molecule has 0 bridgehead atoms. The van der Waals surface area contributed by atoms with Gasteiger partial charge in [-0.25, -0.2) is 4.39 Å². The Bertz CT molecular complexity index is 522. The van der Waals surface area contributed by atoms with Crippen molar-refractivity contribution in [1.82, 2.24) is 20.4 Å². The molecule has 0 spiro atoms. The first-order chi connectivity index (χ1) is 8.33. The lowest BCUT2D eigenvalue weighted by atomic mass is 10.2. The molecule has 2 aromatic rings. The fourth-order valence-electron chi connectivity index (χ4n) is 1.92. The first kappa shape index (κ1) is 10.3. The molecule has 1 saturated heterocycles. The summed E-state index contributed by atoms with van der Waals surface area (Å²) in [5.74, 6) is 0.523. The molecule has 1 aliphatic rings. The van der Waals surface area contributed by atoms with Crippen LogP contribution in [0.4, 0.5) is 4.39 Å². The third-order valence-corrected chi connectivity index (χ3v) is 2.76. The van der Waals surface area contributed by atoms with Gasteiger partial charge in [-0.15, -0.1) is 0 Å². The predicted octanol–water partition coefficient (Wildman–Crippen LogP) is 1.70. The molecule has 88 valence electrons. The van der Waals surface area contributed by atoms with Crippen molar-refractivity contribution in [3.63, 3.8) is 0 Å². The zero-order valence-corrected chi connectivity index (χ0v) is 9.06. The van der Waals surface area contributed by atoms with E-state index in [9.17, 15) is 4.39 Å². The SMILES string of the molecule is Fc1cncc(-c2noc([C@H]3CCCN3)n2)c1. The molecule has 6 heteroatoms. The Balaban J connectivity index is 1.89. The summed E-state index contributed by atoms with van der Waals surface area (Å²) >= 11 is 0. The monoisotopic (exact) mass is 234 g/mol. The van der Waals surface area contributed by atoms with Crippen LogP contribution in [0.2, 0.25) is 0 Å². The summed E-state index contributed by atoms with van der Waals surface area (Å²) in [5.41, 5.74) is 0.526. The standard InChI is InChI=1S/C11H11FN4O/c12-8-4-7(5-13-6-8)10-15-11(17-16-10)9-2-1-3-14-9/h4-6,9,14H,1-3H2/t9-/m1/s1. The van der Waals surface area contributed by atoms with Crippen molar-refractivity contribution in [2.75, 3.05) is 6.54 Å². The van der Waals surface area contributed by atoms with Crippen LogP contribution in [0.3, 0.4) is 0 Å². The molecule has 2 aromatic heterocycles. The molecule has 1 fully saturated rings. The molecule has 0 amide bonds. The highest BCUT2D eigenvalue weighted by atomic mass is 19.1. The highest BCUT2D eigenvalue weighted by Gasteiger charge is 2.22. The van der Waals surface area contributed by atoms with Crippen molar-refractivity contribution in [2.24, 2.45) is 0 Å². The maximum atomic E-state index is 13.0. The summed E-state index contributed by atoms with van der Waals surface area (Å²) in [7, 11) is 0. The average molecular weight is 234 g/mol. The zero-order valence-electron chi connectivity index (χ0n) is 9.06. The van der Waals surface area contributed by atoms with E-state index in [1.807, 2.05) is 0 Å². The number of pyridine rings is 1. The summed E-state index contributed by atoms with van der Waals surface area (Å²) in [4.78, 5) is 8.01. The minimum absolute atomic E-state index is 0.123. The molecular formula is C11H11FN4O. The highest BCUT2D eigenvalue weighted by molar-refractivity contribution is 5.52. The Kier molecular flexibility index (Phi) is 2.56. The maximum absolute atomic E-state index is 13.0. The second-order valence-electron chi connectivity index (χ2n) is 4.00. The summed E-state index contributed by atoms with van der Waals surface area (Å²) in [6, 6.07) is 1.46. The number of hydrogen-bond acceptors (Lipinski definition) is 5. The smallest absolute Gasteiger partial charge is 0.244 e. The fourth-order valence-corrected chi connectivity index (χ4v) is 1.92. The number of rotatable bonds is 2. The van der Waals surface area contributed by atoms with Crippen LogP contribution in [0.15, 0.2) is 23.0 Å². The molecule has 17 heavy (non-hydrogen) atoms. The van der Waals surface area contributed by atoms with Gasteiger partial charge in [0.25, 0.3) is 0 Å². The lowest BCUT2D eigenvalue weighted by Gasteiger charge is -2.01. The van der Waals surface area contributed by atoms with Crippen molar-refractivity contribution in [2.45, 2.75) is 18.9 Å². The molecule has 0 aromatic carbocycles. The van der Waals surface area contributed by atoms with Crippen LogP contribution < -0.4 is 5.32 Å². The molecule has 3 rings (SSSR count). The minimum Gasteiger partial charge on any atom is -0.337 e. The maximum Gasteiger partial charge on any atom is 0.244 e. The Labute approximate surface area is 97.1 Å². The topological polar surface area (TPSA) is 63.8 Å². The molecule has 3 heterocycles. The first-order valence-electron chi connectivity index (χ1n) is 5.51. The van der Waals surface area contributed by atoms with Gasteiger partial charge >= 0.3 is 0 Å². The minimum atomic E-state index is -0.409. The molecule has 0 unspecified atom stereocenters. The van der Waals surface area contributed by atoms with Gasteiger partial charge < -0.3 is 9.84 Å². The number of hydrogen-bond donors (Lipinski definition) is 1. The quantitative estimate of drug-likeness (QED) is 0.856. The van der Waals surface area contributed by atoms with Gasteiger partial charge in [0, 0.05) is 11.8 Å². The Hall–Kier alpha value is -1.82. The molecule has 1 aliphatic heterocycles. The molecular weight excluding hydrogens is 223 g/mol. The highest BCUT2D eigenvalue weighted by Crippen LogP contribution is 2.24. The van der Waals surface area contributed by atoms with Crippen LogP contribution in [0.1, 0.15) is 24.8 Å². The largest absolute Gasteiger partial charge is 0.337 e. The average Bonchev–Trinajstić information content (AvgIpc) is 3.00. The van der Waals surface area contributed by atoms with Crippen LogP contribution in [0.25, 0.3) is 11.4 Å². The second-order valence-corrected chi connectivity index (χ2v) is 4.00. The van der Waals surface area contributed by atoms with Gasteiger partial charge in [-0.1, -0.05) is 5.16 Å². The lowest BCUT2D eigenvalue weighted by molar-refractivity contribution is 0.345. The normalized spacial score (nSPS) is 19.7. The van der Waals surface area contributed by atoms with E-state index in [2.05, 4.69) is 20.4 Å². The van der Waals surface area contributed by atoms with Gasteiger partial charge in [0.1, 0.15) is 5.82 Å². The van der Waals surface area contributed by atoms with E-state index in [1.54, 1.807) is 0 Å². The van der Waals surface area contributed by atoms with Crippen molar-refractivity contribution < 1.29 is 8.91 Å². The van der Waals surface area contributed by atoms with Crippen molar-refractivity contribution in [3.05, 3.63) is 30.2 Å². The lowest BCUT2D eigenvalue weighted by Crippen LogP contribution is -2.12. The molecule has 1 atom stereocenters. The number of aromatic nitrogens is 3. The first-order valence-corrected chi connectivity index (χ1v) is 5.51. The van der Waals surface area contributed by atoms with E-state index in [0.717, 1.165) is 25.6 Å². The summed E-state index contributed by atoms with van der Waals surface area (Å²) < 4.78 is 18.2. The van der Waals surface area contributed by atoms with Gasteiger partial charge in [-0.3, -0.25) is 4.98 Å². The summed E-state index contributed by atoms with van der Waals surface area (Å²) in [6.07, 6.45) is 4.75. The molecule has 0 saturated carbocycles. The fraction of sp³-hybridized carbons (Fsp3) is 0.364. The summed E-state index contributed by atoms with van der Waals surface area (Å²) in [6.45, 7) is 0.962. The van der Waals surface area contributed by atoms with E-state index in [1.165, 1.54) is 12.3 Å².